The quantitative estimate of drug-likeness (QED) is 0.362. The van der Waals surface area contributed by atoms with Crippen molar-refractivity contribution >= 4 is 40.4 Å². The molecule has 9 heteroatoms. The topological polar surface area (TPSA) is 93.5 Å². The number of non-ortho nitro benzene ring substituents is 1. The zero-order valence-corrected chi connectivity index (χ0v) is 13.9. The van der Waals surface area contributed by atoms with Crippen LogP contribution in [0.15, 0.2) is 42.5 Å². The SMILES string of the molecule is CCOC(=O)c1ccc(NC(=S)Nc2cc([N+](=O)[O-])ccc2F)cc1. The fourth-order valence-corrected chi connectivity index (χ4v) is 2.14. The Morgan fingerprint density at radius 2 is 1.92 bits per heavy atom. The number of carbonyl (C=O) groups is 1. The van der Waals surface area contributed by atoms with Crippen LogP contribution >= 0.6 is 12.2 Å². The number of hydrogen-bond acceptors (Lipinski definition) is 5. The molecule has 0 aliphatic heterocycles. The minimum atomic E-state index is -0.674. The van der Waals surface area contributed by atoms with Crippen molar-refractivity contribution in [2.24, 2.45) is 0 Å². The molecule has 2 aromatic carbocycles. The third-order valence-electron chi connectivity index (χ3n) is 3.06. The van der Waals surface area contributed by atoms with Crippen LogP contribution in [0, 0.1) is 15.9 Å². The predicted molar refractivity (Wildman–Crippen MR) is 95.3 cm³/mol. The first-order chi connectivity index (χ1) is 11.9. The number of ether oxygens (including phenoxy) is 1. The van der Waals surface area contributed by atoms with Gasteiger partial charge >= 0.3 is 5.97 Å². The molecule has 0 atom stereocenters. The fourth-order valence-electron chi connectivity index (χ4n) is 1.91. The van der Waals surface area contributed by atoms with Crippen LogP contribution in [0.5, 0.6) is 0 Å². The number of halogens is 1. The molecular formula is C16H14FN3O4S. The number of carbonyl (C=O) groups excluding carboxylic acids is 1. The molecule has 0 aliphatic rings. The van der Waals surface area contributed by atoms with E-state index in [1.807, 2.05) is 0 Å². The highest BCUT2D eigenvalue weighted by molar-refractivity contribution is 7.80. The Hall–Kier alpha value is -3.07. The summed E-state index contributed by atoms with van der Waals surface area (Å²) in [4.78, 5) is 21.7. The minimum absolute atomic E-state index is 0.0447. The zero-order valence-electron chi connectivity index (χ0n) is 13.1. The zero-order chi connectivity index (χ0) is 18.4. The molecule has 2 rings (SSSR count). The fraction of sp³-hybridized carbons (Fsp3) is 0.125. The van der Waals surface area contributed by atoms with Crippen LogP contribution < -0.4 is 10.6 Å². The van der Waals surface area contributed by atoms with Gasteiger partial charge in [0.2, 0.25) is 0 Å². The van der Waals surface area contributed by atoms with E-state index in [1.54, 1.807) is 31.2 Å². The van der Waals surface area contributed by atoms with E-state index >= 15 is 0 Å². The smallest absolute Gasteiger partial charge is 0.338 e. The number of esters is 1. The van der Waals surface area contributed by atoms with Crippen LogP contribution in [0.4, 0.5) is 21.5 Å². The normalized spacial score (nSPS) is 10.0. The summed E-state index contributed by atoms with van der Waals surface area (Å²) < 4.78 is 18.6. The predicted octanol–water partition coefficient (Wildman–Crippen LogP) is 3.72. The van der Waals surface area contributed by atoms with Gasteiger partial charge in [-0.15, -0.1) is 0 Å². The lowest BCUT2D eigenvalue weighted by molar-refractivity contribution is -0.384. The van der Waals surface area contributed by atoms with Crippen molar-refractivity contribution < 1.29 is 18.8 Å². The largest absolute Gasteiger partial charge is 0.462 e. The maximum Gasteiger partial charge on any atom is 0.338 e. The van der Waals surface area contributed by atoms with Gasteiger partial charge in [-0.3, -0.25) is 10.1 Å². The highest BCUT2D eigenvalue weighted by Gasteiger charge is 2.12. The summed E-state index contributed by atoms with van der Waals surface area (Å²) in [5.41, 5.74) is 0.563. The highest BCUT2D eigenvalue weighted by Crippen LogP contribution is 2.21. The minimum Gasteiger partial charge on any atom is -0.462 e. The molecule has 0 unspecified atom stereocenters. The first kappa shape index (κ1) is 18.3. The average molecular weight is 363 g/mol. The summed E-state index contributed by atoms with van der Waals surface area (Å²) in [6.45, 7) is 1.99. The van der Waals surface area contributed by atoms with Crippen LogP contribution in [-0.4, -0.2) is 22.6 Å². The van der Waals surface area contributed by atoms with Crippen molar-refractivity contribution in [1.29, 1.82) is 0 Å². The van der Waals surface area contributed by atoms with Gasteiger partial charge in [0.1, 0.15) is 5.82 Å². The molecule has 0 spiro atoms. The molecule has 0 heterocycles. The van der Waals surface area contributed by atoms with Crippen molar-refractivity contribution in [3.8, 4) is 0 Å². The Morgan fingerprint density at radius 1 is 1.24 bits per heavy atom. The van der Waals surface area contributed by atoms with Crippen molar-refractivity contribution in [3.63, 3.8) is 0 Å². The Labute approximate surface area is 148 Å². The van der Waals surface area contributed by atoms with E-state index in [-0.39, 0.29) is 23.1 Å². The maximum absolute atomic E-state index is 13.7. The Morgan fingerprint density at radius 3 is 2.52 bits per heavy atom. The number of thiocarbonyl (C=S) groups is 1. The Kier molecular flexibility index (Phi) is 5.96. The van der Waals surface area contributed by atoms with Gasteiger partial charge in [-0.1, -0.05) is 0 Å². The number of rotatable bonds is 5. The van der Waals surface area contributed by atoms with Crippen LogP contribution in [0.2, 0.25) is 0 Å². The number of nitro benzene ring substituents is 1. The summed E-state index contributed by atoms with van der Waals surface area (Å²) in [6, 6.07) is 9.40. The van der Waals surface area contributed by atoms with Crippen LogP contribution in [0.3, 0.4) is 0 Å². The van der Waals surface area contributed by atoms with Gasteiger partial charge in [0.15, 0.2) is 5.11 Å². The molecule has 0 bridgehead atoms. The maximum atomic E-state index is 13.7. The summed E-state index contributed by atoms with van der Waals surface area (Å²) in [6.07, 6.45) is 0. The second-order valence-electron chi connectivity index (χ2n) is 4.80. The lowest BCUT2D eigenvalue weighted by atomic mass is 10.2. The Bertz CT molecular complexity index is 812. The lowest BCUT2D eigenvalue weighted by Crippen LogP contribution is -2.20. The van der Waals surface area contributed by atoms with Gasteiger partial charge in [-0.2, -0.15) is 0 Å². The summed E-state index contributed by atoms with van der Waals surface area (Å²) in [5, 5.41) is 16.1. The standard InChI is InChI=1S/C16H14FN3O4S/c1-2-24-15(21)10-3-5-11(6-4-10)18-16(25)19-14-9-12(20(22)23)7-8-13(14)17/h3-9H,2H2,1H3,(H2,18,19,25). The molecule has 0 saturated carbocycles. The van der Waals surface area contributed by atoms with Gasteiger partial charge in [0, 0.05) is 17.8 Å². The molecule has 130 valence electrons. The van der Waals surface area contributed by atoms with Gasteiger partial charge in [-0.05, 0) is 49.5 Å². The van der Waals surface area contributed by atoms with Crippen molar-refractivity contribution in [2.45, 2.75) is 6.92 Å². The van der Waals surface area contributed by atoms with Gasteiger partial charge < -0.3 is 15.4 Å². The average Bonchev–Trinajstić information content (AvgIpc) is 2.57. The van der Waals surface area contributed by atoms with E-state index in [0.717, 1.165) is 18.2 Å². The molecule has 2 N–H and O–H groups in total. The van der Waals surface area contributed by atoms with Crippen molar-refractivity contribution in [1.82, 2.24) is 0 Å². The molecule has 7 nitrogen and oxygen atoms in total. The van der Waals surface area contributed by atoms with E-state index < -0.39 is 16.7 Å². The third kappa shape index (κ3) is 4.95. The van der Waals surface area contributed by atoms with E-state index in [9.17, 15) is 19.3 Å². The number of benzene rings is 2. The highest BCUT2D eigenvalue weighted by atomic mass is 32.1. The summed E-state index contributed by atoms with van der Waals surface area (Å²) in [5.74, 6) is -1.11. The molecule has 0 fully saturated rings. The molecule has 0 saturated heterocycles. The van der Waals surface area contributed by atoms with Crippen molar-refractivity contribution in [3.05, 3.63) is 64.0 Å². The lowest BCUT2D eigenvalue weighted by Gasteiger charge is -2.11. The van der Waals surface area contributed by atoms with E-state index in [2.05, 4.69) is 10.6 Å². The van der Waals surface area contributed by atoms with E-state index in [0.29, 0.717) is 11.3 Å². The molecular weight excluding hydrogens is 349 g/mol. The molecule has 2 aromatic rings. The molecule has 0 aromatic heterocycles. The second kappa shape index (κ2) is 8.15. The van der Waals surface area contributed by atoms with Gasteiger partial charge in [0.25, 0.3) is 5.69 Å². The third-order valence-corrected chi connectivity index (χ3v) is 3.27. The summed E-state index contributed by atoms with van der Waals surface area (Å²) >= 11 is 5.06. The van der Waals surface area contributed by atoms with E-state index in [4.69, 9.17) is 17.0 Å². The molecule has 0 radical (unpaired) electrons. The summed E-state index contributed by atoms with van der Waals surface area (Å²) in [7, 11) is 0. The van der Waals surface area contributed by atoms with Gasteiger partial charge in [0.05, 0.1) is 22.8 Å². The first-order valence-corrected chi connectivity index (χ1v) is 7.60. The number of nitrogens with one attached hydrogen (secondary N) is 2. The Balaban J connectivity index is 2.04. The second-order valence-corrected chi connectivity index (χ2v) is 5.21. The molecule has 25 heavy (non-hydrogen) atoms. The number of nitro groups is 1. The van der Waals surface area contributed by atoms with Crippen LogP contribution in [-0.2, 0) is 4.74 Å². The van der Waals surface area contributed by atoms with E-state index in [1.165, 1.54) is 0 Å². The van der Waals surface area contributed by atoms with Crippen LogP contribution in [0.25, 0.3) is 0 Å². The monoisotopic (exact) mass is 363 g/mol. The number of nitrogens with zero attached hydrogens (tertiary/aromatic N) is 1. The molecule has 0 aliphatic carbocycles. The number of anilines is 2. The number of hydrogen-bond donors (Lipinski definition) is 2. The molecule has 0 amide bonds. The first-order valence-electron chi connectivity index (χ1n) is 7.20. The van der Waals surface area contributed by atoms with Crippen molar-refractivity contribution in [2.75, 3.05) is 17.2 Å². The van der Waals surface area contributed by atoms with Crippen LogP contribution in [0.1, 0.15) is 17.3 Å². The van der Waals surface area contributed by atoms with Gasteiger partial charge in [-0.25, -0.2) is 9.18 Å².